The van der Waals surface area contributed by atoms with Gasteiger partial charge in [-0.15, -0.1) is 0 Å². The van der Waals surface area contributed by atoms with E-state index < -0.39 is 0 Å². The molecule has 2 unspecified atom stereocenters. The van der Waals surface area contributed by atoms with Gasteiger partial charge in [-0.2, -0.15) is 0 Å². The van der Waals surface area contributed by atoms with E-state index in [4.69, 9.17) is 0 Å². The lowest BCUT2D eigenvalue weighted by Crippen LogP contribution is -2.44. The first-order valence-electron chi connectivity index (χ1n) is 5.28. The third kappa shape index (κ3) is 2.43. The third-order valence-electron chi connectivity index (χ3n) is 2.63. The summed E-state index contributed by atoms with van der Waals surface area (Å²) >= 11 is 0. The van der Waals surface area contributed by atoms with Crippen molar-refractivity contribution in [2.75, 3.05) is 0 Å². The lowest BCUT2D eigenvalue weighted by molar-refractivity contribution is 0.194. The van der Waals surface area contributed by atoms with Crippen molar-refractivity contribution in [2.24, 2.45) is 20.8 Å². The molecule has 0 saturated heterocycles. The van der Waals surface area contributed by atoms with Gasteiger partial charge in [0.25, 0.3) is 0 Å². The van der Waals surface area contributed by atoms with Crippen LogP contribution in [0.5, 0.6) is 0 Å². The second-order valence-corrected chi connectivity index (χ2v) is 6.22. The number of hydrogen-bond donors (Lipinski definition) is 0. The SMILES string of the molecule is CC(C)(C)C1N=CC=NC1C(C)(C)C. The summed E-state index contributed by atoms with van der Waals surface area (Å²) in [6.45, 7) is 13.4. The highest BCUT2D eigenvalue weighted by Gasteiger charge is 2.38. The Bertz CT molecular complexity index is 222. The van der Waals surface area contributed by atoms with Gasteiger partial charge in [-0.3, -0.25) is 9.98 Å². The van der Waals surface area contributed by atoms with E-state index in [0.717, 1.165) is 0 Å². The molecular weight excluding hydrogens is 172 g/mol. The zero-order chi connectivity index (χ0) is 11.0. The zero-order valence-corrected chi connectivity index (χ0v) is 10.2. The summed E-state index contributed by atoms with van der Waals surface area (Å²) in [6, 6.07) is 0.597. The highest BCUT2D eigenvalue weighted by Crippen LogP contribution is 2.36. The molecule has 2 heteroatoms. The van der Waals surface area contributed by atoms with E-state index in [1.165, 1.54) is 0 Å². The fourth-order valence-electron chi connectivity index (χ4n) is 1.82. The van der Waals surface area contributed by atoms with Crippen LogP contribution in [0.2, 0.25) is 0 Å². The smallest absolute Gasteiger partial charge is 0.0776 e. The van der Waals surface area contributed by atoms with Crippen molar-refractivity contribution in [1.82, 2.24) is 0 Å². The Hall–Kier alpha value is -0.660. The van der Waals surface area contributed by atoms with Crippen molar-refractivity contribution in [2.45, 2.75) is 53.6 Å². The van der Waals surface area contributed by atoms with Crippen LogP contribution in [0.15, 0.2) is 9.98 Å². The van der Waals surface area contributed by atoms with Gasteiger partial charge in [0.15, 0.2) is 0 Å². The summed E-state index contributed by atoms with van der Waals surface area (Å²) in [4.78, 5) is 9.15. The van der Waals surface area contributed by atoms with Gasteiger partial charge in [-0.25, -0.2) is 0 Å². The summed E-state index contributed by atoms with van der Waals surface area (Å²) in [6.07, 6.45) is 3.66. The third-order valence-corrected chi connectivity index (χ3v) is 2.63. The predicted molar refractivity (Wildman–Crippen MR) is 63.5 cm³/mol. The van der Waals surface area contributed by atoms with E-state index in [0.29, 0.717) is 12.1 Å². The Labute approximate surface area is 87.5 Å². The van der Waals surface area contributed by atoms with E-state index in [9.17, 15) is 0 Å². The highest BCUT2D eigenvalue weighted by atomic mass is 15.0. The molecule has 0 aromatic rings. The number of rotatable bonds is 0. The van der Waals surface area contributed by atoms with Crippen LogP contribution in [0.4, 0.5) is 0 Å². The maximum absolute atomic E-state index is 4.57. The molecule has 0 fully saturated rings. The van der Waals surface area contributed by atoms with Crippen LogP contribution >= 0.6 is 0 Å². The minimum Gasteiger partial charge on any atom is -0.285 e. The Morgan fingerprint density at radius 3 is 1.21 bits per heavy atom. The van der Waals surface area contributed by atoms with E-state index in [-0.39, 0.29) is 10.8 Å². The summed E-state index contributed by atoms with van der Waals surface area (Å²) < 4.78 is 0. The molecule has 0 amide bonds. The molecule has 14 heavy (non-hydrogen) atoms. The van der Waals surface area contributed by atoms with Gasteiger partial charge in [0, 0.05) is 12.4 Å². The monoisotopic (exact) mass is 194 g/mol. The van der Waals surface area contributed by atoms with Crippen molar-refractivity contribution in [3.63, 3.8) is 0 Å². The standard InChI is InChI=1S/C12H22N2/c1-11(2,3)9-10(12(4,5)6)14-8-7-13-9/h7-10H,1-6H3. The Morgan fingerprint density at radius 2 is 1.00 bits per heavy atom. The van der Waals surface area contributed by atoms with Crippen LogP contribution in [0.3, 0.4) is 0 Å². The van der Waals surface area contributed by atoms with E-state index in [2.05, 4.69) is 51.5 Å². The quantitative estimate of drug-likeness (QED) is 0.566. The topological polar surface area (TPSA) is 24.7 Å². The maximum atomic E-state index is 4.57. The summed E-state index contributed by atoms with van der Waals surface area (Å²) in [5, 5.41) is 0. The molecule has 2 nitrogen and oxygen atoms in total. The summed E-state index contributed by atoms with van der Waals surface area (Å²) in [7, 11) is 0. The van der Waals surface area contributed by atoms with Crippen molar-refractivity contribution < 1.29 is 0 Å². The Balaban J connectivity index is 2.94. The van der Waals surface area contributed by atoms with Crippen molar-refractivity contribution in [3.05, 3.63) is 0 Å². The van der Waals surface area contributed by atoms with Gasteiger partial charge in [0.1, 0.15) is 0 Å². The normalized spacial score (nSPS) is 28.1. The van der Waals surface area contributed by atoms with Gasteiger partial charge in [0.05, 0.1) is 12.1 Å². The lowest BCUT2D eigenvalue weighted by Gasteiger charge is -2.40. The van der Waals surface area contributed by atoms with Crippen LogP contribution in [0, 0.1) is 10.8 Å². The first kappa shape index (κ1) is 11.4. The average Bonchev–Trinajstić information content (AvgIpc) is 2.01. The summed E-state index contributed by atoms with van der Waals surface area (Å²) in [5.74, 6) is 0. The van der Waals surface area contributed by atoms with Crippen molar-refractivity contribution in [1.29, 1.82) is 0 Å². The molecule has 0 spiro atoms. The number of nitrogens with zero attached hydrogens (tertiary/aromatic N) is 2. The van der Waals surface area contributed by atoms with Crippen LogP contribution in [-0.2, 0) is 0 Å². The molecule has 0 radical (unpaired) electrons. The fourth-order valence-corrected chi connectivity index (χ4v) is 1.82. The van der Waals surface area contributed by atoms with Gasteiger partial charge < -0.3 is 0 Å². The van der Waals surface area contributed by atoms with E-state index in [1.54, 1.807) is 0 Å². The molecule has 1 aliphatic rings. The highest BCUT2D eigenvalue weighted by molar-refractivity contribution is 6.16. The molecule has 80 valence electrons. The molecular formula is C12H22N2. The lowest BCUT2D eigenvalue weighted by atomic mass is 9.73. The van der Waals surface area contributed by atoms with Gasteiger partial charge in [-0.1, -0.05) is 41.5 Å². The molecule has 1 rings (SSSR count). The maximum Gasteiger partial charge on any atom is 0.0776 e. The summed E-state index contributed by atoms with van der Waals surface area (Å²) in [5.41, 5.74) is 0.373. The molecule has 0 N–H and O–H groups in total. The minimum absolute atomic E-state index is 0.187. The van der Waals surface area contributed by atoms with E-state index in [1.807, 2.05) is 12.4 Å². The fraction of sp³-hybridized carbons (Fsp3) is 0.833. The van der Waals surface area contributed by atoms with Gasteiger partial charge >= 0.3 is 0 Å². The van der Waals surface area contributed by atoms with Crippen molar-refractivity contribution >= 4 is 12.4 Å². The Morgan fingerprint density at radius 1 is 0.714 bits per heavy atom. The molecule has 0 aliphatic carbocycles. The molecule has 0 bridgehead atoms. The van der Waals surface area contributed by atoms with Gasteiger partial charge in [-0.05, 0) is 10.8 Å². The second kappa shape index (κ2) is 3.48. The Kier molecular flexibility index (Phi) is 2.84. The van der Waals surface area contributed by atoms with E-state index >= 15 is 0 Å². The van der Waals surface area contributed by atoms with Crippen LogP contribution in [0.1, 0.15) is 41.5 Å². The molecule has 1 aliphatic heterocycles. The number of hydrogen-bond acceptors (Lipinski definition) is 2. The first-order chi connectivity index (χ1) is 6.23. The number of aliphatic imine (C=N–C) groups is 2. The van der Waals surface area contributed by atoms with Crippen LogP contribution in [0.25, 0.3) is 0 Å². The minimum atomic E-state index is 0.187. The van der Waals surface area contributed by atoms with Gasteiger partial charge in [0.2, 0.25) is 0 Å². The zero-order valence-electron chi connectivity index (χ0n) is 10.2. The average molecular weight is 194 g/mol. The van der Waals surface area contributed by atoms with Crippen molar-refractivity contribution in [3.8, 4) is 0 Å². The molecule has 1 heterocycles. The predicted octanol–water partition coefficient (Wildman–Crippen LogP) is 2.97. The largest absolute Gasteiger partial charge is 0.285 e. The molecule has 0 saturated carbocycles. The molecule has 0 aromatic carbocycles. The molecule has 2 atom stereocenters. The van der Waals surface area contributed by atoms with Crippen LogP contribution < -0.4 is 0 Å². The molecule has 0 aromatic heterocycles. The second-order valence-electron chi connectivity index (χ2n) is 6.22. The van der Waals surface area contributed by atoms with Crippen LogP contribution in [-0.4, -0.2) is 24.5 Å². The first-order valence-corrected chi connectivity index (χ1v) is 5.28.